The van der Waals surface area contributed by atoms with Crippen LogP contribution in [-0.4, -0.2) is 19.0 Å². The van der Waals surface area contributed by atoms with Crippen molar-refractivity contribution in [2.45, 2.75) is 6.18 Å². The average Bonchev–Trinajstić information content (AvgIpc) is 2.33. The number of amides is 1. The molecule has 0 aromatic heterocycles. The summed E-state index contributed by atoms with van der Waals surface area (Å²) in [6.45, 7) is -0.528. The number of rotatable bonds is 4. The van der Waals surface area contributed by atoms with E-state index in [4.69, 9.17) is 5.26 Å². The standard InChI is InChI=1S/C11H9BrF3N3O/c12-7-1-2-9(8(5-7)11(13,14)15)18-6-10(19)17-4-3-16/h1-2,5,18H,4,6H2,(H,17,19). The number of hydrogen-bond donors (Lipinski definition) is 2. The van der Waals surface area contributed by atoms with Gasteiger partial charge in [-0.2, -0.15) is 18.4 Å². The zero-order chi connectivity index (χ0) is 14.5. The lowest BCUT2D eigenvalue weighted by atomic mass is 10.1. The number of alkyl halides is 3. The fraction of sp³-hybridized carbons (Fsp3) is 0.273. The van der Waals surface area contributed by atoms with Crippen molar-refractivity contribution in [2.75, 3.05) is 18.4 Å². The topological polar surface area (TPSA) is 64.9 Å². The normalized spacial score (nSPS) is 10.7. The minimum absolute atomic E-state index is 0.188. The van der Waals surface area contributed by atoms with Crippen molar-refractivity contribution >= 4 is 27.5 Å². The minimum atomic E-state index is -4.52. The number of nitriles is 1. The molecule has 19 heavy (non-hydrogen) atoms. The van der Waals surface area contributed by atoms with E-state index >= 15 is 0 Å². The molecule has 0 aliphatic carbocycles. The number of carbonyl (C=O) groups is 1. The third-order valence-corrected chi connectivity index (χ3v) is 2.58. The number of nitrogens with zero attached hydrogens (tertiary/aromatic N) is 1. The third kappa shape index (κ3) is 4.79. The summed E-state index contributed by atoms with van der Waals surface area (Å²) < 4.78 is 38.5. The maximum Gasteiger partial charge on any atom is 0.418 e. The Hall–Kier alpha value is -1.75. The molecular formula is C11H9BrF3N3O. The second-order valence-corrected chi connectivity index (χ2v) is 4.39. The molecular weight excluding hydrogens is 327 g/mol. The first-order valence-electron chi connectivity index (χ1n) is 5.09. The first-order valence-corrected chi connectivity index (χ1v) is 5.88. The molecule has 1 rings (SSSR count). The first kappa shape index (κ1) is 15.3. The molecule has 102 valence electrons. The number of benzene rings is 1. The maximum atomic E-state index is 12.8. The second kappa shape index (κ2) is 6.43. The van der Waals surface area contributed by atoms with Gasteiger partial charge < -0.3 is 10.6 Å². The van der Waals surface area contributed by atoms with Gasteiger partial charge in [0.05, 0.1) is 18.2 Å². The molecule has 0 heterocycles. The van der Waals surface area contributed by atoms with Gasteiger partial charge in [0.2, 0.25) is 5.91 Å². The van der Waals surface area contributed by atoms with Crippen LogP contribution in [0.25, 0.3) is 0 Å². The van der Waals surface area contributed by atoms with Gasteiger partial charge >= 0.3 is 6.18 Å². The molecule has 1 aromatic rings. The number of anilines is 1. The van der Waals surface area contributed by atoms with Gasteiger partial charge in [-0.05, 0) is 18.2 Å². The van der Waals surface area contributed by atoms with Gasteiger partial charge in [-0.25, -0.2) is 0 Å². The van der Waals surface area contributed by atoms with Gasteiger partial charge in [0.15, 0.2) is 0 Å². The van der Waals surface area contributed by atoms with Crippen LogP contribution in [0.15, 0.2) is 22.7 Å². The molecule has 0 atom stereocenters. The van der Waals surface area contributed by atoms with Gasteiger partial charge in [0.25, 0.3) is 0 Å². The van der Waals surface area contributed by atoms with E-state index in [2.05, 4.69) is 26.6 Å². The van der Waals surface area contributed by atoms with E-state index in [0.29, 0.717) is 4.47 Å². The molecule has 8 heteroatoms. The van der Waals surface area contributed by atoms with Gasteiger partial charge in [0.1, 0.15) is 6.54 Å². The van der Waals surface area contributed by atoms with Crippen molar-refractivity contribution in [2.24, 2.45) is 0 Å². The van der Waals surface area contributed by atoms with Crippen LogP contribution < -0.4 is 10.6 Å². The van der Waals surface area contributed by atoms with E-state index in [1.54, 1.807) is 6.07 Å². The van der Waals surface area contributed by atoms with Crippen molar-refractivity contribution in [1.82, 2.24) is 5.32 Å². The molecule has 0 saturated carbocycles. The quantitative estimate of drug-likeness (QED) is 0.831. The Morgan fingerprint density at radius 1 is 1.42 bits per heavy atom. The van der Waals surface area contributed by atoms with Gasteiger partial charge in [0, 0.05) is 10.2 Å². The summed E-state index contributed by atoms with van der Waals surface area (Å²) in [4.78, 5) is 11.2. The van der Waals surface area contributed by atoms with Crippen molar-refractivity contribution in [1.29, 1.82) is 5.26 Å². The summed E-state index contributed by atoms with van der Waals surface area (Å²) in [5.74, 6) is -0.558. The number of carbonyl (C=O) groups excluding carboxylic acids is 1. The van der Waals surface area contributed by atoms with Crippen LogP contribution in [0.3, 0.4) is 0 Å². The van der Waals surface area contributed by atoms with Crippen molar-refractivity contribution in [3.63, 3.8) is 0 Å². The number of nitrogens with one attached hydrogen (secondary N) is 2. The van der Waals surface area contributed by atoms with E-state index in [-0.39, 0.29) is 18.8 Å². The Morgan fingerprint density at radius 2 is 2.11 bits per heavy atom. The average molecular weight is 336 g/mol. The van der Waals surface area contributed by atoms with Crippen molar-refractivity contribution < 1.29 is 18.0 Å². The van der Waals surface area contributed by atoms with Crippen LogP contribution >= 0.6 is 15.9 Å². The van der Waals surface area contributed by atoms with Crippen LogP contribution in [0.2, 0.25) is 0 Å². The van der Waals surface area contributed by atoms with Crippen molar-refractivity contribution in [3.05, 3.63) is 28.2 Å². The molecule has 0 spiro atoms. The van der Waals surface area contributed by atoms with E-state index < -0.39 is 17.6 Å². The minimum Gasteiger partial charge on any atom is -0.376 e. The predicted molar refractivity (Wildman–Crippen MR) is 66.3 cm³/mol. The molecule has 0 bridgehead atoms. The molecule has 0 unspecified atom stereocenters. The fourth-order valence-corrected chi connectivity index (χ4v) is 1.64. The number of hydrogen-bond acceptors (Lipinski definition) is 3. The Balaban J connectivity index is 2.79. The SMILES string of the molecule is N#CCNC(=O)CNc1ccc(Br)cc1C(F)(F)F. The Bertz CT molecular complexity index is 511. The van der Waals surface area contributed by atoms with Gasteiger partial charge in [-0.1, -0.05) is 15.9 Å². The third-order valence-electron chi connectivity index (χ3n) is 2.09. The molecule has 0 radical (unpaired) electrons. The predicted octanol–water partition coefficient (Wildman–Crippen LogP) is 2.52. The van der Waals surface area contributed by atoms with Crippen molar-refractivity contribution in [3.8, 4) is 6.07 Å². The molecule has 4 nitrogen and oxygen atoms in total. The van der Waals surface area contributed by atoms with Crippen LogP contribution in [0.5, 0.6) is 0 Å². The molecule has 0 fully saturated rings. The highest BCUT2D eigenvalue weighted by atomic mass is 79.9. The summed E-state index contributed by atoms with van der Waals surface area (Å²) in [5.41, 5.74) is -1.06. The lowest BCUT2D eigenvalue weighted by molar-refractivity contribution is -0.137. The highest BCUT2D eigenvalue weighted by Gasteiger charge is 2.33. The summed E-state index contributed by atoms with van der Waals surface area (Å²) in [5, 5.41) is 12.9. The second-order valence-electron chi connectivity index (χ2n) is 3.48. The summed E-state index contributed by atoms with van der Waals surface area (Å²) in [7, 11) is 0. The molecule has 0 saturated heterocycles. The summed E-state index contributed by atoms with van der Waals surface area (Å²) >= 11 is 2.96. The van der Waals surface area contributed by atoms with E-state index in [9.17, 15) is 18.0 Å². The Kier molecular flexibility index (Phi) is 5.18. The Labute approximate surface area is 115 Å². The fourth-order valence-electron chi connectivity index (χ4n) is 1.28. The molecule has 2 N–H and O–H groups in total. The van der Waals surface area contributed by atoms with Crippen LogP contribution in [0.1, 0.15) is 5.56 Å². The summed E-state index contributed by atoms with van der Waals surface area (Å²) in [6, 6.07) is 5.28. The van der Waals surface area contributed by atoms with Crippen LogP contribution in [-0.2, 0) is 11.0 Å². The van der Waals surface area contributed by atoms with Gasteiger partial charge in [-0.3, -0.25) is 4.79 Å². The zero-order valence-electron chi connectivity index (χ0n) is 9.51. The smallest absolute Gasteiger partial charge is 0.376 e. The van der Waals surface area contributed by atoms with E-state index in [1.807, 2.05) is 0 Å². The molecule has 0 aliphatic rings. The van der Waals surface area contributed by atoms with Crippen LogP contribution in [0.4, 0.5) is 18.9 Å². The lowest BCUT2D eigenvalue weighted by Crippen LogP contribution is -2.30. The van der Waals surface area contributed by atoms with E-state index in [1.165, 1.54) is 12.1 Å². The highest BCUT2D eigenvalue weighted by molar-refractivity contribution is 9.10. The van der Waals surface area contributed by atoms with Crippen LogP contribution in [0, 0.1) is 11.3 Å². The van der Waals surface area contributed by atoms with Gasteiger partial charge in [-0.15, -0.1) is 0 Å². The monoisotopic (exact) mass is 335 g/mol. The lowest BCUT2D eigenvalue weighted by Gasteiger charge is -2.14. The zero-order valence-corrected chi connectivity index (χ0v) is 11.1. The van der Waals surface area contributed by atoms with E-state index in [0.717, 1.165) is 6.07 Å². The maximum absolute atomic E-state index is 12.8. The molecule has 1 amide bonds. The highest BCUT2D eigenvalue weighted by Crippen LogP contribution is 2.36. The largest absolute Gasteiger partial charge is 0.418 e. The number of halogens is 4. The first-order chi connectivity index (χ1) is 8.84. The molecule has 0 aliphatic heterocycles. The summed E-state index contributed by atoms with van der Waals surface area (Å²) in [6.07, 6.45) is -4.52. The molecule has 1 aromatic carbocycles. The Morgan fingerprint density at radius 3 is 2.68 bits per heavy atom.